The molecular weight excluding hydrogens is 313 g/mol. The molecule has 118 valence electrons. The van der Waals surface area contributed by atoms with E-state index in [1.165, 1.54) is 6.07 Å². The number of anilines is 1. The number of phenols is 1. The quantitative estimate of drug-likeness (QED) is 0.522. The van der Waals surface area contributed by atoms with Crippen molar-refractivity contribution in [3.05, 3.63) is 23.5 Å². The molecule has 9 heteroatoms. The lowest BCUT2D eigenvalue weighted by atomic mass is 10.1. The second-order valence-corrected chi connectivity index (χ2v) is 6.08. The first-order valence-electron chi connectivity index (χ1n) is 6.35. The van der Waals surface area contributed by atoms with E-state index < -0.39 is 39.9 Å². The van der Waals surface area contributed by atoms with Gasteiger partial charge in [0.15, 0.2) is 5.82 Å². The number of aromatic hydroxyl groups is 1. The Balaban J connectivity index is 2.44. The molecule has 1 aliphatic heterocycles. The third kappa shape index (κ3) is 3.13. The van der Waals surface area contributed by atoms with Crippen molar-refractivity contribution in [1.82, 2.24) is 10.0 Å². The van der Waals surface area contributed by atoms with E-state index in [9.17, 15) is 22.7 Å². The average Bonchev–Trinajstić information content (AvgIpc) is 2.70. The van der Waals surface area contributed by atoms with Crippen LogP contribution in [0.3, 0.4) is 0 Å². The maximum absolute atomic E-state index is 14.4. The van der Waals surface area contributed by atoms with Crippen LogP contribution in [-0.2, 0) is 15.0 Å². The zero-order chi connectivity index (χ0) is 16.3. The van der Waals surface area contributed by atoms with Crippen LogP contribution in [0.2, 0.25) is 0 Å². The van der Waals surface area contributed by atoms with E-state index in [-0.39, 0.29) is 5.56 Å². The Hall–Kier alpha value is -2.31. The monoisotopic (exact) mass is 327 g/mol. The molecule has 0 saturated carbocycles. The number of hydrogen-bond acceptors (Lipinski definition) is 5. The fraction of sp³-hybridized carbons (Fsp3) is 0.308. The van der Waals surface area contributed by atoms with E-state index in [0.717, 1.165) is 6.07 Å². The summed E-state index contributed by atoms with van der Waals surface area (Å²) in [5, 5.41) is 12.6. The van der Waals surface area contributed by atoms with Crippen LogP contribution < -0.4 is 14.3 Å². The number of amides is 1. The van der Waals surface area contributed by atoms with Crippen LogP contribution in [0.1, 0.15) is 12.0 Å². The van der Waals surface area contributed by atoms with Crippen molar-refractivity contribution in [2.75, 3.05) is 24.4 Å². The lowest BCUT2D eigenvalue weighted by Gasteiger charge is -2.17. The summed E-state index contributed by atoms with van der Waals surface area (Å²) >= 11 is 0. The summed E-state index contributed by atoms with van der Waals surface area (Å²) in [5.74, 6) is 2.92. The summed E-state index contributed by atoms with van der Waals surface area (Å²) in [6.07, 6.45) is 0.480. The lowest BCUT2D eigenvalue weighted by molar-refractivity contribution is -0.117. The molecule has 0 spiro atoms. The molecule has 0 radical (unpaired) electrons. The highest BCUT2D eigenvalue weighted by Gasteiger charge is 2.37. The van der Waals surface area contributed by atoms with Gasteiger partial charge in [0.1, 0.15) is 18.0 Å². The zero-order valence-electron chi connectivity index (χ0n) is 11.7. The Kier molecular flexibility index (Phi) is 4.54. The van der Waals surface area contributed by atoms with Gasteiger partial charge >= 0.3 is 10.2 Å². The van der Waals surface area contributed by atoms with E-state index in [1.807, 2.05) is 0 Å². The molecule has 1 fully saturated rings. The van der Waals surface area contributed by atoms with Gasteiger partial charge in [-0.25, -0.2) is 13.4 Å². The van der Waals surface area contributed by atoms with Crippen molar-refractivity contribution >= 4 is 21.8 Å². The number of phenolic OH excluding ortho intramolecular Hbond substituents is 1. The minimum Gasteiger partial charge on any atom is -0.506 e. The summed E-state index contributed by atoms with van der Waals surface area (Å²) in [4.78, 5) is 11.2. The van der Waals surface area contributed by atoms with Gasteiger partial charge in [-0.3, -0.25) is 4.79 Å². The van der Waals surface area contributed by atoms with Gasteiger partial charge in [-0.2, -0.15) is 8.42 Å². The number of benzene rings is 1. The van der Waals surface area contributed by atoms with Gasteiger partial charge in [-0.1, -0.05) is 11.8 Å². The van der Waals surface area contributed by atoms with Gasteiger partial charge in [0.05, 0.1) is 5.56 Å². The first-order chi connectivity index (χ1) is 10.4. The van der Waals surface area contributed by atoms with E-state index >= 15 is 0 Å². The van der Waals surface area contributed by atoms with E-state index in [0.29, 0.717) is 17.3 Å². The smallest absolute Gasteiger partial charge is 0.326 e. The van der Waals surface area contributed by atoms with Crippen molar-refractivity contribution in [3.8, 4) is 17.6 Å². The van der Waals surface area contributed by atoms with E-state index in [1.54, 1.807) is 11.8 Å². The van der Waals surface area contributed by atoms with Gasteiger partial charge in [0.2, 0.25) is 0 Å². The Labute approximate surface area is 127 Å². The molecule has 2 rings (SSSR count). The minimum atomic E-state index is -4.20. The van der Waals surface area contributed by atoms with Crippen LogP contribution in [-0.4, -0.2) is 39.6 Å². The van der Waals surface area contributed by atoms with Gasteiger partial charge in [-0.15, -0.1) is 0 Å². The number of carbonyl (C=O) groups excluding carboxylic acids is 1. The number of nitrogens with one attached hydrogen (secondary N) is 2. The van der Waals surface area contributed by atoms with Crippen molar-refractivity contribution in [1.29, 1.82) is 0 Å². The van der Waals surface area contributed by atoms with Crippen LogP contribution in [0, 0.1) is 17.7 Å². The third-order valence-corrected chi connectivity index (χ3v) is 4.27. The molecule has 1 aromatic rings. The highest BCUT2D eigenvalue weighted by molar-refractivity contribution is 7.92. The topological polar surface area (TPSA) is 98.7 Å². The summed E-state index contributed by atoms with van der Waals surface area (Å²) < 4.78 is 40.2. The summed E-state index contributed by atoms with van der Waals surface area (Å²) in [6.45, 7) is 0.0297. The highest BCUT2D eigenvalue weighted by Crippen LogP contribution is 2.34. The van der Waals surface area contributed by atoms with Crippen molar-refractivity contribution in [3.63, 3.8) is 0 Å². The first-order valence-corrected chi connectivity index (χ1v) is 7.79. The second kappa shape index (κ2) is 6.21. The normalized spacial score (nSPS) is 16.1. The molecule has 7 nitrogen and oxygen atoms in total. The zero-order valence-corrected chi connectivity index (χ0v) is 12.5. The van der Waals surface area contributed by atoms with Crippen LogP contribution >= 0.6 is 0 Å². The predicted molar refractivity (Wildman–Crippen MR) is 77.9 cm³/mol. The number of halogens is 1. The van der Waals surface area contributed by atoms with Gasteiger partial charge in [-0.05, 0) is 19.2 Å². The minimum absolute atomic E-state index is 0.0570. The molecule has 3 N–H and O–H groups in total. The number of carbonyl (C=O) groups is 1. The van der Waals surface area contributed by atoms with E-state index in [2.05, 4.69) is 17.2 Å². The molecule has 1 heterocycles. The standard InChI is InChI=1S/C13H14FN3O4S/c1-15-7-3-2-4-9-5-6-10(18)13(12(9)14)17-8-11(19)16-22(17,20)21/h5-6,15,18H,3,7-8H2,1H3,(H,16,19). The Morgan fingerprint density at radius 2 is 2.23 bits per heavy atom. The molecule has 0 aliphatic carbocycles. The van der Waals surface area contributed by atoms with Crippen molar-refractivity contribution in [2.45, 2.75) is 6.42 Å². The molecule has 0 aromatic heterocycles. The van der Waals surface area contributed by atoms with Crippen LogP contribution in [0.5, 0.6) is 5.75 Å². The predicted octanol–water partition coefficient (Wildman–Crippen LogP) is -0.327. The summed E-state index contributed by atoms with van der Waals surface area (Å²) in [7, 11) is -2.45. The fourth-order valence-electron chi connectivity index (χ4n) is 1.88. The summed E-state index contributed by atoms with van der Waals surface area (Å²) in [5.41, 5.74) is -0.641. The number of hydrogen-bond donors (Lipinski definition) is 3. The van der Waals surface area contributed by atoms with Gasteiger partial charge < -0.3 is 10.4 Å². The van der Waals surface area contributed by atoms with Crippen molar-refractivity contribution < 1.29 is 22.7 Å². The maximum atomic E-state index is 14.4. The van der Waals surface area contributed by atoms with Gasteiger partial charge in [0, 0.05) is 13.0 Å². The second-order valence-electron chi connectivity index (χ2n) is 4.49. The molecule has 22 heavy (non-hydrogen) atoms. The highest BCUT2D eigenvalue weighted by atomic mass is 32.2. The molecule has 0 bridgehead atoms. The summed E-state index contributed by atoms with van der Waals surface area (Å²) in [6, 6.07) is 2.39. The SMILES string of the molecule is CNCCC#Cc1ccc(O)c(N2CC(=O)NS2(=O)=O)c1F. The first kappa shape index (κ1) is 16.1. The molecule has 0 unspecified atom stereocenters. The molecule has 1 saturated heterocycles. The average molecular weight is 327 g/mol. The van der Waals surface area contributed by atoms with Crippen LogP contribution in [0.25, 0.3) is 0 Å². The fourth-order valence-corrected chi connectivity index (χ4v) is 3.04. The molecule has 1 amide bonds. The van der Waals surface area contributed by atoms with Crippen LogP contribution in [0.4, 0.5) is 10.1 Å². The molecular formula is C13H14FN3O4S. The molecule has 1 aromatic carbocycles. The maximum Gasteiger partial charge on any atom is 0.326 e. The van der Waals surface area contributed by atoms with Crippen molar-refractivity contribution in [2.24, 2.45) is 0 Å². The lowest BCUT2D eigenvalue weighted by Crippen LogP contribution is -2.30. The Morgan fingerprint density at radius 1 is 1.50 bits per heavy atom. The Bertz CT molecular complexity index is 767. The Morgan fingerprint density at radius 3 is 2.82 bits per heavy atom. The molecule has 0 atom stereocenters. The molecule has 1 aliphatic rings. The largest absolute Gasteiger partial charge is 0.506 e. The van der Waals surface area contributed by atoms with Crippen LogP contribution in [0.15, 0.2) is 12.1 Å². The number of rotatable bonds is 3. The van der Waals surface area contributed by atoms with E-state index in [4.69, 9.17) is 0 Å². The third-order valence-electron chi connectivity index (χ3n) is 2.89. The van der Waals surface area contributed by atoms with Gasteiger partial charge in [0.25, 0.3) is 5.91 Å². The number of nitrogens with zero attached hydrogens (tertiary/aromatic N) is 1.